The van der Waals surface area contributed by atoms with Gasteiger partial charge in [-0.1, -0.05) is 24.4 Å². The fourth-order valence-electron chi connectivity index (χ4n) is 2.39. The van der Waals surface area contributed by atoms with Gasteiger partial charge in [0.1, 0.15) is 4.99 Å². The van der Waals surface area contributed by atoms with Gasteiger partial charge in [-0.05, 0) is 25.5 Å². The summed E-state index contributed by atoms with van der Waals surface area (Å²) >= 11 is 4.93. The molecular formula is C14H18N2O2S. The van der Waals surface area contributed by atoms with Gasteiger partial charge in [0.2, 0.25) is 0 Å². The normalized spacial score (nSPS) is 22.2. The Balaban J connectivity index is 2.19. The van der Waals surface area contributed by atoms with E-state index in [-0.39, 0.29) is 18.1 Å². The molecule has 1 aromatic carbocycles. The van der Waals surface area contributed by atoms with Crippen LogP contribution in [0.3, 0.4) is 0 Å². The molecule has 0 aromatic heterocycles. The van der Waals surface area contributed by atoms with E-state index in [1.165, 1.54) is 0 Å². The molecule has 1 aliphatic heterocycles. The Bertz CT molecular complexity index is 504. The number of nitrogens with two attached hydrogens (primary N) is 1. The lowest BCUT2D eigenvalue weighted by Gasteiger charge is -2.27. The molecule has 1 aliphatic rings. The summed E-state index contributed by atoms with van der Waals surface area (Å²) in [6.07, 6.45) is 0.950. The number of rotatable bonds is 3. The van der Waals surface area contributed by atoms with Gasteiger partial charge in [0, 0.05) is 24.8 Å². The van der Waals surface area contributed by atoms with Gasteiger partial charge in [-0.3, -0.25) is 4.79 Å². The van der Waals surface area contributed by atoms with Crippen LogP contribution >= 0.6 is 12.2 Å². The Kier molecular flexibility index (Phi) is 4.17. The highest BCUT2D eigenvalue weighted by Crippen LogP contribution is 2.20. The quantitative estimate of drug-likeness (QED) is 0.853. The first kappa shape index (κ1) is 14.0. The third-order valence-corrected chi connectivity index (χ3v) is 3.78. The molecule has 2 N–H and O–H groups in total. The third kappa shape index (κ3) is 2.93. The van der Waals surface area contributed by atoms with E-state index in [0.717, 1.165) is 6.42 Å². The Morgan fingerprint density at radius 2 is 2.16 bits per heavy atom. The number of hydrogen-bond acceptors (Lipinski definition) is 3. The summed E-state index contributed by atoms with van der Waals surface area (Å²) in [5.41, 5.74) is 6.91. The lowest BCUT2D eigenvalue weighted by atomic mass is 10.1. The SMILES string of the molecule is CC1OCCC1N(C)C(=O)c1cccc(C(N)=S)c1. The van der Waals surface area contributed by atoms with E-state index in [2.05, 4.69) is 0 Å². The largest absolute Gasteiger partial charge is 0.389 e. The number of carbonyl (C=O) groups excluding carboxylic acids is 1. The zero-order chi connectivity index (χ0) is 14.0. The number of thiocarbonyl (C=S) groups is 1. The predicted octanol–water partition coefficient (Wildman–Crippen LogP) is 1.57. The average molecular weight is 278 g/mol. The van der Waals surface area contributed by atoms with Gasteiger partial charge in [0.25, 0.3) is 5.91 Å². The second kappa shape index (κ2) is 5.67. The fraction of sp³-hybridized carbons (Fsp3) is 0.429. The summed E-state index contributed by atoms with van der Waals surface area (Å²) in [5, 5.41) is 0. The van der Waals surface area contributed by atoms with Crippen LogP contribution in [0.2, 0.25) is 0 Å². The lowest BCUT2D eigenvalue weighted by molar-refractivity contribution is 0.0574. The monoisotopic (exact) mass is 278 g/mol. The molecule has 2 unspecified atom stereocenters. The van der Waals surface area contributed by atoms with E-state index in [0.29, 0.717) is 22.7 Å². The number of carbonyl (C=O) groups is 1. The van der Waals surface area contributed by atoms with E-state index in [1.54, 1.807) is 29.2 Å². The van der Waals surface area contributed by atoms with Gasteiger partial charge in [-0.25, -0.2) is 0 Å². The highest BCUT2D eigenvalue weighted by atomic mass is 32.1. The third-order valence-electron chi connectivity index (χ3n) is 3.55. The van der Waals surface area contributed by atoms with Gasteiger partial charge in [0.05, 0.1) is 12.1 Å². The molecule has 5 heteroatoms. The zero-order valence-corrected chi connectivity index (χ0v) is 11.9. The van der Waals surface area contributed by atoms with Crippen LogP contribution in [-0.2, 0) is 4.74 Å². The minimum absolute atomic E-state index is 0.0274. The van der Waals surface area contributed by atoms with Crippen molar-refractivity contribution in [1.29, 1.82) is 0 Å². The van der Waals surface area contributed by atoms with Crippen LogP contribution in [0.25, 0.3) is 0 Å². The van der Waals surface area contributed by atoms with Gasteiger partial charge in [-0.15, -0.1) is 0 Å². The first-order valence-corrected chi connectivity index (χ1v) is 6.70. The Labute approximate surface area is 118 Å². The van der Waals surface area contributed by atoms with Crippen molar-refractivity contribution in [1.82, 2.24) is 4.90 Å². The molecule has 19 heavy (non-hydrogen) atoms. The van der Waals surface area contributed by atoms with E-state index in [9.17, 15) is 4.79 Å². The highest BCUT2D eigenvalue weighted by Gasteiger charge is 2.31. The van der Waals surface area contributed by atoms with Crippen LogP contribution in [0.15, 0.2) is 24.3 Å². The van der Waals surface area contributed by atoms with Gasteiger partial charge in [-0.2, -0.15) is 0 Å². The smallest absolute Gasteiger partial charge is 0.253 e. The van der Waals surface area contributed by atoms with Crippen molar-refractivity contribution in [2.75, 3.05) is 13.7 Å². The molecule has 0 bridgehead atoms. The summed E-state index contributed by atoms with van der Waals surface area (Å²) in [6.45, 7) is 2.70. The number of ether oxygens (including phenoxy) is 1. The van der Waals surface area contributed by atoms with E-state index >= 15 is 0 Å². The van der Waals surface area contributed by atoms with Crippen LogP contribution in [0.5, 0.6) is 0 Å². The first-order chi connectivity index (χ1) is 9.00. The lowest BCUT2D eigenvalue weighted by Crippen LogP contribution is -2.41. The topological polar surface area (TPSA) is 55.6 Å². The van der Waals surface area contributed by atoms with Crippen LogP contribution in [0, 0.1) is 0 Å². The van der Waals surface area contributed by atoms with Crippen molar-refractivity contribution < 1.29 is 9.53 Å². The minimum Gasteiger partial charge on any atom is -0.389 e. The van der Waals surface area contributed by atoms with E-state index < -0.39 is 0 Å². The molecule has 0 spiro atoms. The van der Waals surface area contributed by atoms with Gasteiger partial charge in [0.15, 0.2) is 0 Å². The molecule has 1 saturated heterocycles. The predicted molar refractivity (Wildman–Crippen MR) is 78.2 cm³/mol. The van der Waals surface area contributed by atoms with E-state index in [4.69, 9.17) is 22.7 Å². The molecule has 1 heterocycles. The molecule has 0 radical (unpaired) electrons. The van der Waals surface area contributed by atoms with Crippen LogP contribution in [0.1, 0.15) is 29.3 Å². The summed E-state index contributed by atoms with van der Waals surface area (Å²) in [6, 6.07) is 7.24. The maximum Gasteiger partial charge on any atom is 0.253 e. The van der Waals surface area contributed by atoms with Crippen molar-refractivity contribution in [3.8, 4) is 0 Å². The first-order valence-electron chi connectivity index (χ1n) is 6.29. The molecule has 4 nitrogen and oxygen atoms in total. The Hall–Kier alpha value is -1.46. The number of nitrogens with zero attached hydrogens (tertiary/aromatic N) is 1. The summed E-state index contributed by atoms with van der Waals surface area (Å²) in [4.78, 5) is 14.5. The second-order valence-corrected chi connectivity index (χ2v) is 5.23. The molecule has 1 fully saturated rings. The number of likely N-dealkylation sites (N-methyl/N-ethyl adjacent to an activating group) is 1. The molecule has 2 atom stereocenters. The summed E-state index contributed by atoms with van der Waals surface area (Å²) < 4.78 is 5.50. The zero-order valence-electron chi connectivity index (χ0n) is 11.1. The average Bonchev–Trinajstić information content (AvgIpc) is 2.83. The summed E-state index contributed by atoms with van der Waals surface area (Å²) in [5.74, 6) is -0.0274. The molecule has 0 aliphatic carbocycles. The molecule has 1 amide bonds. The molecule has 0 saturated carbocycles. The Morgan fingerprint density at radius 3 is 2.74 bits per heavy atom. The number of amides is 1. The maximum absolute atomic E-state index is 12.4. The van der Waals surface area contributed by atoms with Crippen LogP contribution in [0.4, 0.5) is 0 Å². The minimum atomic E-state index is -0.0274. The van der Waals surface area contributed by atoms with Crippen molar-refractivity contribution in [3.63, 3.8) is 0 Å². The molecule has 2 rings (SSSR count). The number of hydrogen-bond donors (Lipinski definition) is 1. The van der Waals surface area contributed by atoms with Crippen molar-refractivity contribution in [2.45, 2.75) is 25.5 Å². The van der Waals surface area contributed by atoms with Crippen molar-refractivity contribution in [2.24, 2.45) is 5.73 Å². The van der Waals surface area contributed by atoms with Crippen molar-refractivity contribution in [3.05, 3.63) is 35.4 Å². The Morgan fingerprint density at radius 1 is 1.47 bits per heavy atom. The molecule has 102 valence electrons. The van der Waals surface area contributed by atoms with Gasteiger partial charge < -0.3 is 15.4 Å². The van der Waals surface area contributed by atoms with Crippen molar-refractivity contribution >= 4 is 23.1 Å². The standard InChI is InChI=1S/C14H18N2O2S/c1-9-12(6-7-18-9)16(2)14(17)11-5-3-4-10(8-11)13(15)19/h3-5,8-9,12H,6-7H2,1-2H3,(H2,15,19). The highest BCUT2D eigenvalue weighted by molar-refractivity contribution is 7.80. The summed E-state index contributed by atoms with van der Waals surface area (Å²) in [7, 11) is 1.81. The van der Waals surface area contributed by atoms with E-state index in [1.807, 2.05) is 14.0 Å². The molecule has 1 aromatic rings. The second-order valence-electron chi connectivity index (χ2n) is 4.79. The maximum atomic E-state index is 12.4. The van der Waals surface area contributed by atoms with Gasteiger partial charge >= 0.3 is 0 Å². The van der Waals surface area contributed by atoms with Crippen LogP contribution < -0.4 is 5.73 Å². The van der Waals surface area contributed by atoms with Crippen LogP contribution in [-0.4, -0.2) is 41.6 Å². The molecular weight excluding hydrogens is 260 g/mol. The fourth-order valence-corrected chi connectivity index (χ4v) is 2.52. The number of benzene rings is 1.